The number of nitrogens with two attached hydrogens (primary N) is 2. The Balaban J connectivity index is 0.000000185. The van der Waals surface area contributed by atoms with Crippen LogP contribution in [0.2, 0.25) is 0 Å². The molecule has 0 aromatic heterocycles. The van der Waals surface area contributed by atoms with Crippen LogP contribution in [0, 0.1) is 26.1 Å². The summed E-state index contributed by atoms with van der Waals surface area (Å²) in [5, 5.41) is 28.1. The van der Waals surface area contributed by atoms with Crippen molar-refractivity contribution < 1.29 is 48.7 Å². The summed E-state index contributed by atoms with van der Waals surface area (Å²) < 4.78 is 16.1. The predicted octanol–water partition coefficient (Wildman–Crippen LogP) is 10.3. The molecule has 2 spiro atoms. The Hall–Kier alpha value is -7.90. The molecule has 3 fully saturated rings. The van der Waals surface area contributed by atoms with E-state index < -0.39 is 23.8 Å². The summed E-state index contributed by atoms with van der Waals surface area (Å²) in [6, 6.07) is 45.9. The van der Waals surface area contributed by atoms with E-state index in [1.165, 1.54) is 41.6 Å². The molecule has 2 radical (unpaired) electrons. The molecule has 0 saturated carbocycles. The van der Waals surface area contributed by atoms with Gasteiger partial charge in [0.15, 0.2) is 0 Å². The van der Waals surface area contributed by atoms with Crippen molar-refractivity contribution in [1.82, 2.24) is 14.7 Å². The van der Waals surface area contributed by atoms with Gasteiger partial charge in [-0.2, -0.15) is 0 Å². The zero-order valence-corrected chi connectivity index (χ0v) is 51.1. The number of nitrogen functional groups attached to an aromatic ring is 2. The Labute approximate surface area is 510 Å². The van der Waals surface area contributed by atoms with Gasteiger partial charge in [-0.15, -0.1) is 0 Å². The van der Waals surface area contributed by atoms with Gasteiger partial charge in [-0.05, 0) is 103 Å². The van der Waals surface area contributed by atoms with Crippen LogP contribution >= 0.6 is 17.8 Å². The molecule has 0 unspecified atom stereocenters. The van der Waals surface area contributed by atoms with Crippen LogP contribution in [-0.4, -0.2) is 126 Å². The number of carbonyl (C=O) groups excluding carboxylic acids is 4. The van der Waals surface area contributed by atoms with Crippen LogP contribution in [0.4, 0.5) is 48.5 Å². The topological polar surface area (TPSA) is 312 Å². The van der Waals surface area contributed by atoms with Crippen LogP contribution in [0.1, 0.15) is 66.3 Å². The SMILES string of the molecule is NNc1ccc([N+](=O)[O-])cc1.Nc1ccc2c(c1)C1(CCN(C(=O)OCc3ccccc3)CC1)CN2.O.O=C(OCc1ccccc1)N1CCC2(CC1)CNc1ccc([N+](=O)[O-])cc12.O=CC1CCN(C(=O)OCc2ccccc2)CC1.[Cl][Sn][Cl]. The van der Waals surface area contributed by atoms with E-state index in [2.05, 4.69) is 28.2 Å². The fraction of sp³-hybridized carbons (Fsp3) is 0.333. The number of ether oxygens (including phenoxy) is 3. The Morgan fingerprint density at radius 2 is 0.953 bits per heavy atom. The van der Waals surface area contributed by atoms with E-state index >= 15 is 0 Å². The first-order chi connectivity index (χ1) is 40.7. The number of nitrogens with zero attached hydrogens (tertiary/aromatic N) is 5. The molecule has 3 amide bonds. The summed E-state index contributed by atoms with van der Waals surface area (Å²) in [6.07, 6.45) is 5.01. The van der Waals surface area contributed by atoms with Gasteiger partial charge in [0, 0.05) is 116 Å². The third-order valence-electron chi connectivity index (χ3n) is 15.4. The van der Waals surface area contributed by atoms with E-state index in [0.29, 0.717) is 58.2 Å². The molecule has 0 aliphatic carbocycles. The van der Waals surface area contributed by atoms with Crippen LogP contribution in [-0.2, 0) is 49.7 Å². The fourth-order valence-electron chi connectivity index (χ4n) is 10.6. The second-order valence-corrected chi connectivity index (χ2v) is 24.9. The summed E-state index contributed by atoms with van der Waals surface area (Å²) in [6.45, 7) is 6.35. The molecule has 22 nitrogen and oxygen atoms in total. The van der Waals surface area contributed by atoms with E-state index in [1.807, 2.05) is 102 Å². The average Bonchev–Trinajstić information content (AvgIpc) is 2.27. The molecule has 6 aromatic carbocycles. The molecule has 25 heteroatoms. The van der Waals surface area contributed by atoms with E-state index in [1.54, 1.807) is 21.9 Å². The van der Waals surface area contributed by atoms with Gasteiger partial charge in [-0.25, -0.2) is 14.4 Å². The summed E-state index contributed by atoms with van der Waals surface area (Å²) in [7, 11) is 9.87. The molecule has 0 bridgehead atoms. The Morgan fingerprint density at radius 1 is 0.588 bits per heavy atom. The molecular formula is C60H70Cl2N10O12Sn. The predicted molar refractivity (Wildman–Crippen MR) is 328 cm³/mol. The number of rotatable bonds is 10. The number of nitro benzene ring substituents is 2. The van der Waals surface area contributed by atoms with Gasteiger partial charge >= 0.3 is 55.0 Å². The number of likely N-dealkylation sites (tertiary alicyclic amines) is 3. The van der Waals surface area contributed by atoms with Gasteiger partial charge < -0.3 is 61.0 Å². The first kappa shape index (κ1) is 66.2. The standard InChI is InChI=1S/C20H21N3O4.C20H23N3O2.C14H17NO3.C6H7N3O2.2ClH.H2O.Sn/c24-19(27-13-15-4-2-1-3-5-15)22-10-8-20(9-11-22)14-21-18-7-6-16(23(25)26)12-17(18)20;21-16-6-7-18-17(12-16)20(14-22-18)8-10-23(11-9-20)19(24)25-13-15-4-2-1-3-5-15;16-10-12-6-8-15(9-7-12)14(17)18-11-13-4-2-1-3-5-13;7-8-5-1-3-6(4-2-5)9(10)11;;;;/h1-7,12,21H,8-11,13-14H2;1-7,12,22H,8-11,13-14,21H2;1-5,10,12H,6-9,11H2;1-4,8H,7H2;2*1H;1H2;/q;;;;;;;+2/p-2. The number of non-ortho nitro benzene ring substituents is 2. The number of amides is 3. The van der Waals surface area contributed by atoms with Crippen LogP contribution in [0.25, 0.3) is 0 Å². The van der Waals surface area contributed by atoms with Gasteiger partial charge in [0.1, 0.15) is 26.1 Å². The van der Waals surface area contributed by atoms with Gasteiger partial charge in [-0.1, -0.05) is 91.0 Å². The van der Waals surface area contributed by atoms with Crippen molar-refractivity contribution in [1.29, 1.82) is 0 Å². The Kier molecular flexibility index (Phi) is 25.7. The molecule has 5 heterocycles. The van der Waals surface area contributed by atoms with Crippen molar-refractivity contribution in [3.05, 3.63) is 200 Å². The van der Waals surface area contributed by atoms with Crippen LogP contribution in [0.5, 0.6) is 0 Å². The van der Waals surface area contributed by atoms with Gasteiger partial charge in [0.25, 0.3) is 11.4 Å². The number of benzene rings is 6. The third kappa shape index (κ3) is 18.8. The Morgan fingerprint density at radius 3 is 1.33 bits per heavy atom. The van der Waals surface area contributed by atoms with E-state index in [4.69, 9.17) is 43.6 Å². The molecule has 5 aliphatic heterocycles. The van der Waals surface area contributed by atoms with Crippen LogP contribution in [0.3, 0.4) is 0 Å². The molecule has 5 aliphatic rings. The van der Waals surface area contributed by atoms with Crippen molar-refractivity contribution in [3.8, 4) is 0 Å². The number of nitrogens with one attached hydrogen (secondary N) is 3. The maximum atomic E-state index is 12.4. The molecule has 6 aromatic rings. The van der Waals surface area contributed by atoms with Crippen molar-refractivity contribution >= 4 is 95.4 Å². The summed E-state index contributed by atoms with van der Waals surface area (Å²) in [5.74, 6) is 5.16. The minimum atomic E-state index is -0.826. The van der Waals surface area contributed by atoms with Crippen LogP contribution < -0.4 is 27.6 Å². The van der Waals surface area contributed by atoms with Crippen LogP contribution in [0.15, 0.2) is 152 Å². The van der Waals surface area contributed by atoms with Crippen molar-refractivity contribution in [2.45, 2.75) is 69.2 Å². The molecule has 450 valence electrons. The van der Waals surface area contributed by atoms with E-state index in [-0.39, 0.29) is 63.4 Å². The first-order valence-corrected chi connectivity index (χ1v) is 34.6. The summed E-state index contributed by atoms with van der Waals surface area (Å²) in [4.78, 5) is 72.8. The summed E-state index contributed by atoms with van der Waals surface area (Å²) >= 11 is -0.826. The number of nitro groups is 2. The number of piperidine rings is 3. The fourth-order valence-corrected chi connectivity index (χ4v) is 10.6. The summed E-state index contributed by atoms with van der Waals surface area (Å²) in [5.41, 5.74) is 17.3. The number of halogens is 2. The van der Waals surface area contributed by atoms with E-state index in [0.717, 1.165) is 91.5 Å². The Bertz CT molecular complexity index is 3120. The molecule has 9 N–H and O–H groups in total. The second-order valence-electron chi connectivity index (χ2n) is 20.6. The molecule has 11 rings (SSSR count). The first-order valence-electron chi connectivity index (χ1n) is 27.3. The van der Waals surface area contributed by atoms with Crippen molar-refractivity contribution in [2.75, 3.05) is 74.2 Å². The minimum absolute atomic E-state index is 0. The third-order valence-corrected chi connectivity index (χ3v) is 15.4. The zero-order chi connectivity index (χ0) is 59.9. The average molecular weight is 1310 g/mol. The number of anilines is 4. The number of fused-ring (bicyclic) bond motifs is 4. The molecular weight excluding hydrogens is 1240 g/mol. The van der Waals surface area contributed by atoms with Gasteiger partial charge in [0.05, 0.1) is 9.85 Å². The zero-order valence-electron chi connectivity index (χ0n) is 46.7. The number of aldehydes is 1. The monoisotopic (exact) mass is 1310 g/mol. The normalized spacial score (nSPS) is 15.6. The molecule has 85 heavy (non-hydrogen) atoms. The number of hydrazine groups is 1. The number of carbonyl (C=O) groups is 4. The number of hydrogen-bond acceptors (Lipinski definition) is 16. The quantitative estimate of drug-likeness (QED) is 0.0162. The van der Waals surface area contributed by atoms with Gasteiger partial charge in [0.2, 0.25) is 0 Å². The van der Waals surface area contributed by atoms with Crippen molar-refractivity contribution in [2.24, 2.45) is 11.8 Å². The van der Waals surface area contributed by atoms with Crippen molar-refractivity contribution in [3.63, 3.8) is 0 Å². The second kappa shape index (κ2) is 33.0. The molecule has 0 atom stereocenters. The molecule has 3 saturated heterocycles. The number of hydrogen-bond donors (Lipinski definition) is 5. The van der Waals surface area contributed by atoms with E-state index in [9.17, 15) is 39.4 Å². The maximum absolute atomic E-state index is 12.4. The van der Waals surface area contributed by atoms with Gasteiger partial charge in [-0.3, -0.25) is 26.1 Å².